The summed E-state index contributed by atoms with van der Waals surface area (Å²) in [7, 11) is -5.51. The van der Waals surface area contributed by atoms with Crippen LogP contribution in [0, 0.1) is 0 Å². The molecule has 5 heteroatoms. The zero-order chi connectivity index (χ0) is 25.2. The Labute approximate surface area is 214 Å². The van der Waals surface area contributed by atoms with E-state index < -0.39 is 26.2 Å². The molecular formula is C29H48O2Si3. The molecule has 2 unspecified atom stereocenters. The zero-order valence-electron chi connectivity index (χ0n) is 22.8. The van der Waals surface area contributed by atoms with E-state index in [0.29, 0.717) is 0 Å². The Balaban J connectivity index is 3.06. The van der Waals surface area contributed by atoms with Crippen molar-refractivity contribution >= 4 is 36.5 Å². The quantitative estimate of drug-likeness (QED) is 0.203. The van der Waals surface area contributed by atoms with Gasteiger partial charge in [0.15, 0.2) is 9.04 Å². The monoisotopic (exact) mass is 512 g/mol. The van der Waals surface area contributed by atoms with Gasteiger partial charge in [0.2, 0.25) is 0 Å². The fraction of sp³-hybridized carbons (Fsp3) is 0.517. The molecule has 2 nitrogen and oxygen atoms in total. The maximum absolute atomic E-state index is 7.97. The van der Waals surface area contributed by atoms with E-state index in [1.54, 1.807) is 0 Å². The highest BCUT2D eigenvalue weighted by Crippen LogP contribution is 2.40. The average molecular weight is 513 g/mol. The van der Waals surface area contributed by atoms with Crippen molar-refractivity contribution < 1.29 is 8.85 Å². The molecule has 0 fully saturated rings. The van der Waals surface area contributed by atoms with Crippen LogP contribution in [0.4, 0.5) is 0 Å². The summed E-state index contributed by atoms with van der Waals surface area (Å²) in [5, 5.41) is 2.20. The summed E-state index contributed by atoms with van der Waals surface area (Å²) < 4.78 is 15.2. The Kier molecular flexibility index (Phi) is 11.2. The van der Waals surface area contributed by atoms with Gasteiger partial charge in [-0.2, -0.15) is 0 Å². The van der Waals surface area contributed by atoms with Gasteiger partial charge in [-0.05, 0) is 49.2 Å². The van der Waals surface area contributed by atoms with Crippen LogP contribution in [0.25, 0.3) is 0 Å². The summed E-state index contributed by atoms with van der Waals surface area (Å²) in [5.41, 5.74) is 0. The second-order valence-corrected chi connectivity index (χ2v) is 19.6. The Hall–Kier alpha value is -1.25. The van der Waals surface area contributed by atoms with Crippen molar-refractivity contribution in [1.82, 2.24) is 0 Å². The van der Waals surface area contributed by atoms with E-state index in [-0.39, 0.29) is 10.4 Å². The van der Waals surface area contributed by atoms with Crippen molar-refractivity contribution in [1.29, 1.82) is 0 Å². The first-order valence-electron chi connectivity index (χ1n) is 13.4. The molecule has 0 bridgehead atoms. The first-order valence-corrected chi connectivity index (χ1v) is 20.9. The van der Waals surface area contributed by atoms with Gasteiger partial charge in [-0.25, -0.2) is 0 Å². The van der Waals surface area contributed by atoms with E-state index in [9.17, 15) is 0 Å². The lowest BCUT2D eigenvalue weighted by Crippen LogP contribution is -2.79. The third kappa shape index (κ3) is 5.93. The van der Waals surface area contributed by atoms with Gasteiger partial charge in [0.05, 0.1) is 14.0 Å². The maximum Gasteiger partial charge on any atom is 0.287 e. The van der Waals surface area contributed by atoms with Crippen LogP contribution in [0.15, 0.2) is 73.3 Å². The number of hydrogen-bond donors (Lipinski definition) is 0. The molecular weight excluding hydrogens is 465 g/mol. The molecule has 0 amide bonds. The summed E-state index contributed by atoms with van der Waals surface area (Å²) in [6.07, 6.45) is 8.22. The van der Waals surface area contributed by atoms with Crippen molar-refractivity contribution in [3.05, 3.63) is 73.3 Å². The molecule has 0 aliphatic carbocycles. The number of benzene rings is 2. The van der Waals surface area contributed by atoms with E-state index in [1.807, 2.05) is 0 Å². The second kappa shape index (κ2) is 13.2. The van der Waals surface area contributed by atoms with Gasteiger partial charge in [-0.15, -0.1) is 6.58 Å². The van der Waals surface area contributed by atoms with E-state index in [1.165, 1.54) is 10.4 Å². The van der Waals surface area contributed by atoms with Crippen LogP contribution in [0.5, 0.6) is 0 Å². The molecule has 0 spiro atoms. The summed E-state index contributed by atoms with van der Waals surface area (Å²) >= 11 is 0. The molecule has 2 aromatic rings. The van der Waals surface area contributed by atoms with E-state index in [0.717, 1.165) is 38.5 Å². The molecule has 0 aliphatic rings. The topological polar surface area (TPSA) is 18.5 Å². The molecule has 0 saturated carbocycles. The van der Waals surface area contributed by atoms with Crippen LogP contribution in [-0.2, 0) is 8.85 Å². The SMILES string of the molecule is C=CCC(CCC)(O[SiH](C)C)[Si](OC(CC)(CCC)[SiH](C)C)(c1ccccc1)c1ccccc1. The minimum Gasteiger partial charge on any atom is -0.414 e. The minimum absolute atomic E-state index is 0.0747. The first kappa shape index (κ1) is 29.0. The molecule has 0 radical (unpaired) electrons. The number of rotatable bonds is 15. The molecule has 0 aromatic heterocycles. The lowest BCUT2D eigenvalue weighted by Gasteiger charge is -2.55. The standard InChI is InChI=1S/C29H48O2Si3/c1-9-23-28(12-4,32(5)6)31-34(26-19-15-13-16-20-26,27-21-17-14-18-22-27)29(24-10-2,25-11-3)30-33(7)8/h10,13-22,32-33H,2,9,11-12,23-25H2,1,3-8H3. The van der Waals surface area contributed by atoms with Gasteiger partial charge in [0, 0.05) is 5.22 Å². The Morgan fingerprint density at radius 2 is 1.32 bits per heavy atom. The molecule has 0 aliphatic heterocycles. The van der Waals surface area contributed by atoms with Crippen molar-refractivity contribution in [3.63, 3.8) is 0 Å². The molecule has 0 heterocycles. The van der Waals surface area contributed by atoms with Crippen molar-refractivity contribution in [2.45, 2.75) is 95.9 Å². The van der Waals surface area contributed by atoms with Gasteiger partial charge in [-0.3, -0.25) is 0 Å². The van der Waals surface area contributed by atoms with Crippen molar-refractivity contribution in [2.24, 2.45) is 0 Å². The molecule has 2 atom stereocenters. The van der Waals surface area contributed by atoms with Crippen LogP contribution in [0.2, 0.25) is 26.2 Å². The molecule has 2 aromatic carbocycles. The maximum atomic E-state index is 7.97. The Bertz CT molecular complexity index is 817. The van der Waals surface area contributed by atoms with Crippen LogP contribution < -0.4 is 10.4 Å². The summed E-state index contributed by atoms with van der Waals surface area (Å²) in [6.45, 7) is 20.7. The van der Waals surface area contributed by atoms with Crippen molar-refractivity contribution in [3.8, 4) is 0 Å². The second-order valence-electron chi connectivity index (χ2n) is 10.2. The minimum atomic E-state index is -2.91. The van der Waals surface area contributed by atoms with Crippen LogP contribution in [-0.4, -0.2) is 36.6 Å². The fourth-order valence-electron chi connectivity index (χ4n) is 5.79. The van der Waals surface area contributed by atoms with Crippen LogP contribution in [0.3, 0.4) is 0 Å². The van der Waals surface area contributed by atoms with Gasteiger partial charge in [0.25, 0.3) is 8.32 Å². The summed E-state index contributed by atoms with van der Waals surface area (Å²) in [6, 6.07) is 22.2. The van der Waals surface area contributed by atoms with Gasteiger partial charge in [0.1, 0.15) is 0 Å². The highest BCUT2D eigenvalue weighted by atomic mass is 28.4. The smallest absolute Gasteiger partial charge is 0.287 e. The first-order chi connectivity index (χ1) is 16.3. The largest absolute Gasteiger partial charge is 0.414 e. The molecule has 0 saturated heterocycles. The third-order valence-corrected chi connectivity index (χ3v) is 16.4. The predicted molar refractivity (Wildman–Crippen MR) is 158 cm³/mol. The molecule has 188 valence electrons. The zero-order valence-corrected chi connectivity index (χ0v) is 26.1. The Morgan fingerprint density at radius 1 is 0.824 bits per heavy atom. The highest BCUT2D eigenvalue weighted by Gasteiger charge is 2.61. The lowest BCUT2D eigenvalue weighted by atomic mass is 10.1. The highest BCUT2D eigenvalue weighted by molar-refractivity contribution is 7.00. The summed E-state index contributed by atoms with van der Waals surface area (Å²) in [5.74, 6) is 0. The average Bonchev–Trinajstić information content (AvgIpc) is 2.82. The Morgan fingerprint density at radius 3 is 1.68 bits per heavy atom. The van der Waals surface area contributed by atoms with Crippen molar-refractivity contribution in [2.75, 3.05) is 0 Å². The number of hydrogen-bond acceptors (Lipinski definition) is 2. The van der Waals surface area contributed by atoms with E-state index in [4.69, 9.17) is 8.85 Å². The van der Waals surface area contributed by atoms with Crippen LogP contribution in [0.1, 0.15) is 59.3 Å². The van der Waals surface area contributed by atoms with Gasteiger partial charge < -0.3 is 8.85 Å². The summed E-state index contributed by atoms with van der Waals surface area (Å²) in [4.78, 5) is 0. The molecule has 0 N–H and O–H groups in total. The molecule has 2 rings (SSSR count). The van der Waals surface area contributed by atoms with Gasteiger partial charge in [-0.1, -0.05) is 113 Å². The van der Waals surface area contributed by atoms with Crippen LogP contribution >= 0.6 is 0 Å². The third-order valence-electron chi connectivity index (χ3n) is 7.27. The van der Waals surface area contributed by atoms with E-state index in [2.05, 4.69) is 120 Å². The van der Waals surface area contributed by atoms with E-state index >= 15 is 0 Å². The van der Waals surface area contributed by atoms with Gasteiger partial charge >= 0.3 is 0 Å². The normalized spacial score (nSPS) is 15.8. The molecule has 34 heavy (non-hydrogen) atoms. The predicted octanol–water partition coefficient (Wildman–Crippen LogP) is 6.39. The fourth-order valence-corrected chi connectivity index (χ4v) is 16.5. The lowest BCUT2D eigenvalue weighted by molar-refractivity contribution is 0.0643.